The highest BCUT2D eigenvalue weighted by molar-refractivity contribution is 6.40. The topological polar surface area (TPSA) is 40.6 Å². The van der Waals surface area contributed by atoms with Crippen LogP contribution in [0.15, 0.2) is 30.3 Å². The van der Waals surface area contributed by atoms with E-state index in [0.29, 0.717) is 0 Å². The van der Waals surface area contributed by atoms with E-state index in [4.69, 9.17) is 0 Å². The molecule has 2 amide bonds. The summed E-state index contributed by atoms with van der Waals surface area (Å²) >= 11 is 0. The Morgan fingerprint density at radius 3 is 2.15 bits per heavy atom. The Bertz CT molecular complexity index is 467. The van der Waals surface area contributed by atoms with Crippen molar-refractivity contribution in [2.75, 3.05) is 19.0 Å². The van der Waals surface area contributed by atoms with E-state index in [1.165, 1.54) is 11.3 Å². The van der Waals surface area contributed by atoms with Gasteiger partial charge in [0.2, 0.25) is 0 Å². The molecule has 0 unspecified atom stereocenters. The minimum Gasteiger partial charge on any atom is -0.335 e. The molecule has 4 heteroatoms. The standard InChI is InChI=1S/C16H22N2O2/c1-17(13-9-5-3-6-10-13)15(19)16(20)18(2)14-11-7-4-8-12-14/h3,5-6,9-10,14H,4,7-8,11-12H2,1-2H3. The Balaban J connectivity index is 2.02. The average Bonchev–Trinajstić information content (AvgIpc) is 2.53. The predicted octanol–water partition coefficient (Wildman–Crippen LogP) is 2.44. The van der Waals surface area contributed by atoms with Crippen molar-refractivity contribution in [2.45, 2.75) is 38.1 Å². The van der Waals surface area contributed by atoms with Crippen LogP contribution in [0.25, 0.3) is 0 Å². The summed E-state index contributed by atoms with van der Waals surface area (Å²) in [5.74, 6) is -0.882. The predicted molar refractivity (Wildman–Crippen MR) is 79.5 cm³/mol. The molecule has 0 aliphatic heterocycles. The molecule has 0 heterocycles. The fraction of sp³-hybridized carbons (Fsp3) is 0.500. The van der Waals surface area contributed by atoms with Crippen LogP contribution in [0.3, 0.4) is 0 Å². The van der Waals surface area contributed by atoms with Gasteiger partial charge in [-0.3, -0.25) is 9.59 Å². The molecule has 0 radical (unpaired) electrons. The molecule has 1 saturated carbocycles. The quantitative estimate of drug-likeness (QED) is 0.777. The number of para-hydroxylation sites is 1. The molecule has 0 atom stereocenters. The van der Waals surface area contributed by atoms with Gasteiger partial charge in [-0.25, -0.2) is 0 Å². The van der Waals surface area contributed by atoms with Gasteiger partial charge in [0.1, 0.15) is 0 Å². The second kappa shape index (κ2) is 6.55. The number of carbonyl (C=O) groups is 2. The molecule has 1 aliphatic carbocycles. The monoisotopic (exact) mass is 274 g/mol. The van der Waals surface area contributed by atoms with Gasteiger partial charge in [0.25, 0.3) is 0 Å². The zero-order valence-corrected chi connectivity index (χ0v) is 12.2. The van der Waals surface area contributed by atoms with Crippen LogP contribution in [-0.2, 0) is 9.59 Å². The molecule has 0 spiro atoms. The summed E-state index contributed by atoms with van der Waals surface area (Å²) in [5.41, 5.74) is 0.739. The van der Waals surface area contributed by atoms with Crippen molar-refractivity contribution in [1.29, 1.82) is 0 Å². The lowest BCUT2D eigenvalue weighted by atomic mass is 9.94. The fourth-order valence-corrected chi connectivity index (χ4v) is 2.70. The van der Waals surface area contributed by atoms with E-state index in [1.807, 2.05) is 30.3 Å². The normalized spacial score (nSPS) is 15.7. The Kier molecular flexibility index (Phi) is 4.77. The van der Waals surface area contributed by atoms with E-state index >= 15 is 0 Å². The molecule has 2 rings (SSSR count). The number of anilines is 1. The Morgan fingerprint density at radius 1 is 0.950 bits per heavy atom. The molecular weight excluding hydrogens is 252 g/mol. The van der Waals surface area contributed by atoms with Crippen molar-refractivity contribution in [1.82, 2.24) is 4.90 Å². The summed E-state index contributed by atoms with van der Waals surface area (Å²) in [7, 11) is 3.39. The average molecular weight is 274 g/mol. The van der Waals surface area contributed by atoms with E-state index in [0.717, 1.165) is 31.4 Å². The van der Waals surface area contributed by atoms with Crippen LogP contribution < -0.4 is 4.90 Å². The van der Waals surface area contributed by atoms with Crippen molar-refractivity contribution in [2.24, 2.45) is 0 Å². The maximum atomic E-state index is 12.3. The number of nitrogens with zero attached hydrogens (tertiary/aromatic N) is 2. The van der Waals surface area contributed by atoms with Gasteiger partial charge in [-0.1, -0.05) is 37.5 Å². The highest BCUT2D eigenvalue weighted by atomic mass is 16.2. The van der Waals surface area contributed by atoms with E-state index in [2.05, 4.69) is 0 Å². The van der Waals surface area contributed by atoms with Gasteiger partial charge in [-0.05, 0) is 25.0 Å². The van der Waals surface area contributed by atoms with Crippen LogP contribution in [0, 0.1) is 0 Å². The second-order valence-electron chi connectivity index (χ2n) is 5.41. The largest absolute Gasteiger partial charge is 0.335 e. The van der Waals surface area contributed by atoms with Gasteiger partial charge in [-0.2, -0.15) is 0 Å². The van der Waals surface area contributed by atoms with Gasteiger partial charge in [0, 0.05) is 25.8 Å². The Hall–Kier alpha value is -1.84. The van der Waals surface area contributed by atoms with Crippen LogP contribution in [-0.4, -0.2) is 36.9 Å². The molecule has 0 saturated heterocycles. The SMILES string of the molecule is CN(C(=O)C(=O)N(C)C1CCCCC1)c1ccccc1. The molecule has 1 aromatic carbocycles. The minimum atomic E-state index is -0.468. The van der Waals surface area contributed by atoms with E-state index in [9.17, 15) is 9.59 Å². The Labute approximate surface area is 120 Å². The summed E-state index contributed by atoms with van der Waals surface area (Å²) in [6.07, 6.45) is 5.53. The van der Waals surface area contributed by atoms with E-state index in [-0.39, 0.29) is 6.04 Å². The van der Waals surface area contributed by atoms with Crippen LogP contribution >= 0.6 is 0 Å². The van der Waals surface area contributed by atoms with E-state index < -0.39 is 11.8 Å². The number of hydrogen-bond donors (Lipinski definition) is 0. The van der Waals surface area contributed by atoms with Crippen molar-refractivity contribution in [3.05, 3.63) is 30.3 Å². The molecule has 4 nitrogen and oxygen atoms in total. The molecule has 0 N–H and O–H groups in total. The minimum absolute atomic E-state index is 0.212. The zero-order chi connectivity index (χ0) is 14.5. The van der Waals surface area contributed by atoms with Gasteiger partial charge >= 0.3 is 11.8 Å². The molecular formula is C16H22N2O2. The maximum absolute atomic E-state index is 12.3. The number of rotatable bonds is 2. The number of carbonyl (C=O) groups excluding carboxylic acids is 2. The van der Waals surface area contributed by atoms with E-state index in [1.54, 1.807) is 19.0 Å². The smallest absolute Gasteiger partial charge is 0.316 e. The lowest BCUT2D eigenvalue weighted by Crippen LogP contribution is -2.47. The van der Waals surface area contributed by atoms with Gasteiger partial charge in [0.05, 0.1) is 0 Å². The first kappa shape index (κ1) is 14.6. The lowest BCUT2D eigenvalue weighted by molar-refractivity contribution is -0.145. The number of amides is 2. The third-order valence-corrected chi connectivity index (χ3v) is 4.07. The second-order valence-corrected chi connectivity index (χ2v) is 5.41. The highest BCUT2D eigenvalue weighted by Crippen LogP contribution is 2.22. The third kappa shape index (κ3) is 3.18. The van der Waals surface area contributed by atoms with Crippen molar-refractivity contribution in [3.8, 4) is 0 Å². The fourth-order valence-electron chi connectivity index (χ4n) is 2.70. The first-order chi connectivity index (χ1) is 9.61. The molecule has 1 aliphatic rings. The van der Waals surface area contributed by atoms with Crippen molar-refractivity contribution < 1.29 is 9.59 Å². The summed E-state index contributed by atoms with van der Waals surface area (Å²) in [6, 6.07) is 9.46. The summed E-state index contributed by atoms with van der Waals surface area (Å²) in [6.45, 7) is 0. The highest BCUT2D eigenvalue weighted by Gasteiger charge is 2.28. The van der Waals surface area contributed by atoms with Gasteiger partial charge in [0.15, 0.2) is 0 Å². The van der Waals surface area contributed by atoms with Crippen LogP contribution in [0.4, 0.5) is 5.69 Å². The zero-order valence-electron chi connectivity index (χ0n) is 12.2. The van der Waals surface area contributed by atoms with Crippen molar-refractivity contribution in [3.63, 3.8) is 0 Å². The number of hydrogen-bond acceptors (Lipinski definition) is 2. The molecule has 0 aromatic heterocycles. The molecule has 1 fully saturated rings. The number of likely N-dealkylation sites (N-methyl/N-ethyl adjacent to an activating group) is 2. The van der Waals surface area contributed by atoms with Gasteiger partial charge in [-0.15, -0.1) is 0 Å². The maximum Gasteiger partial charge on any atom is 0.316 e. The summed E-state index contributed by atoms with van der Waals surface area (Å²) in [4.78, 5) is 27.6. The first-order valence-corrected chi connectivity index (χ1v) is 7.21. The molecule has 108 valence electrons. The van der Waals surface area contributed by atoms with Crippen molar-refractivity contribution >= 4 is 17.5 Å². The molecule has 20 heavy (non-hydrogen) atoms. The lowest BCUT2D eigenvalue weighted by Gasteiger charge is -2.31. The van der Waals surface area contributed by atoms with Crippen LogP contribution in [0.1, 0.15) is 32.1 Å². The summed E-state index contributed by atoms with van der Waals surface area (Å²) in [5, 5.41) is 0. The van der Waals surface area contributed by atoms with Gasteiger partial charge < -0.3 is 9.80 Å². The first-order valence-electron chi connectivity index (χ1n) is 7.21. The summed E-state index contributed by atoms with van der Waals surface area (Å²) < 4.78 is 0. The number of benzene rings is 1. The third-order valence-electron chi connectivity index (χ3n) is 4.07. The molecule has 1 aromatic rings. The van der Waals surface area contributed by atoms with Crippen LogP contribution in [0.5, 0.6) is 0 Å². The van der Waals surface area contributed by atoms with Crippen LogP contribution in [0.2, 0.25) is 0 Å². The molecule has 0 bridgehead atoms. The Morgan fingerprint density at radius 2 is 1.55 bits per heavy atom.